The van der Waals surface area contributed by atoms with Gasteiger partial charge >= 0.3 is 0 Å². The molecule has 1 nitrogen and oxygen atoms in total. The molecule has 1 radical (unpaired) electrons. The molecule has 1 aliphatic heterocycles. The molecule has 1 heterocycles. The summed E-state index contributed by atoms with van der Waals surface area (Å²) in [6, 6.07) is 0.940. The average molecular weight is 166 g/mol. The first-order valence-electron chi connectivity index (χ1n) is 5.52. The molecule has 0 aromatic heterocycles. The third-order valence-electron chi connectivity index (χ3n) is 3.32. The van der Waals surface area contributed by atoms with Crippen LogP contribution in [0.1, 0.15) is 44.9 Å². The van der Waals surface area contributed by atoms with Gasteiger partial charge in [0, 0.05) is 6.04 Å². The van der Waals surface area contributed by atoms with E-state index in [0.29, 0.717) is 0 Å². The number of hydrogen-bond donors (Lipinski definition) is 0. The molecule has 2 rings (SSSR count). The maximum atomic E-state index is 2.73. The largest absolute Gasteiger partial charge is 0.300 e. The van der Waals surface area contributed by atoms with Gasteiger partial charge < -0.3 is 4.90 Å². The van der Waals surface area contributed by atoms with Gasteiger partial charge in [-0.2, -0.15) is 0 Å². The van der Waals surface area contributed by atoms with E-state index in [0.717, 1.165) is 6.04 Å². The highest BCUT2D eigenvalue weighted by Gasteiger charge is 2.21. The first kappa shape index (κ1) is 8.55. The molecule has 1 aliphatic carbocycles. The fourth-order valence-electron chi connectivity index (χ4n) is 2.56. The van der Waals surface area contributed by atoms with Gasteiger partial charge in [-0.05, 0) is 58.0 Å². The number of hydrogen-bond acceptors (Lipinski definition) is 1. The van der Waals surface area contributed by atoms with Crippen LogP contribution in [0.15, 0.2) is 0 Å². The van der Waals surface area contributed by atoms with E-state index in [1.165, 1.54) is 58.0 Å². The number of likely N-dealkylation sites (tertiary alicyclic amines) is 1. The van der Waals surface area contributed by atoms with E-state index < -0.39 is 0 Å². The van der Waals surface area contributed by atoms with E-state index in [2.05, 4.69) is 11.3 Å². The predicted octanol–water partition coefficient (Wildman–Crippen LogP) is 2.62. The molecule has 0 unspecified atom stereocenters. The van der Waals surface area contributed by atoms with Crippen LogP contribution in [0.2, 0.25) is 0 Å². The molecule has 0 amide bonds. The Balaban J connectivity index is 1.80. The van der Waals surface area contributed by atoms with Crippen molar-refractivity contribution >= 4 is 0 Å². The summed E-state index contributed by atoms with van der Waals surface area (Å²) in [4.78, 5) is 2.73. The van der Waals surface area contributed by atoms with Crippen molar-refractivity contribution < 1.29 is 0 Å². The lowest BCUT2D eigenvalue weighted by Gasteiger charge is -2.36. The van der Waals surface area contributed by atoms with Crippen LogP contribution < -0.4 is 0 Å². The molecule has 12 heavy (non-hydrogen) atoms. The summed E-state index contributed by atoms with van der Waals surface area (Å²) in [7, 11) is 0. The summed E-state index contributed by atoms with van der Waals surface area (Å²) in [6.45, 7) is 2.76. The SMILES string of the molecule is [CH]1CCC(N2CCCCC2)CC1. The van der Waals surface area contributed by atoms with Crippen molar-refractivity contribution in [2.45, 2.75) is 51.0 Å². The van der Waals surface area contributed by atoms with E-state index in [1.807, 2.05) is 0 Å². The predicted molar refractivity (Wildman–Crippen MR) is 52.0 cm³/mol. The molecule has 1 heteroatoms. The van der Waals surface area contributed by atoms with E-state index in [-0.39, 0.29) is 0 Å². The van der Waals surface area contributed by atoms with E-state index in [1.54, 1.807) is 0 Å². The standard InChI is InChI=1S/C11H20N/c1-3-7-11(8-4-1)12-9-5-2-6-10-12/h1,11H,2-10H2. The van der Waals surface area contributed by atoms with Crippen molar-refractivity contribution in [2.75, 3.05) is 13.1 Å². The van der Waals surface area contributed by atoms with Crippen LogP contribution >= 0.6 is 0 Å². The van der Waals surface area contributed by atoms with Gasteiger partial charge in [0.15, 0.2) is 0 Å². The fourth-order valence-corrected chi connectivity index (χ4v) is 2.56. The van der Waals surface area contributed by atoms with E-state index >= 15 is 0 Å². The van der Waals surface area contributed by atoms with E-state index in [9.17, 15) is 0 Å². The van der Waals surface area contributed by atoms with Crippen LogP contribution in [0.3, 0.4) is 0 Å². The number of rotatable bonds is 1. The Morgan fingerprint density at radius 1 is 0.917 bits per heavy atom. The molecular weight excluding hydrogens is 146 g/mol. The van der Waals surface area contributed by atoms with E-state index in [4.69, 9.17) is 0 Å². The Morgan fingerprint density at radius 2 is 1.58 bits per heavy atom. The van der Waals surface area contributed by atoms with Gasteiger partial charge in [-0.25, -0.2) is 0 Å². The monoisotopic (exact) mass is 166 g/mol. The van der Waals surface area contributed by atoms with Crippen molar-refractivity contribution in [2.24, 2.45) is 0 Å². The molecule has 2 aliphatic rings. The van der Waals surface area contributed by atoms with Crippen molar-refractivity contribution in [3.8, 4) is 0 Å². The Kier molecular flexibility index (Phi) is 3.04. The summed E-state index contributed by atoms with van der Waals surface area (Å²) in [5, 5.41) is 0. The van der Waals surface area contributed by atoms with Crippen molar-refractivity contribution in [1.29, 1.82) is 0 Å². The van der Waals surface area contributed by atoms with Gasteiger partial charge in [-0.3, -0.25) is 0 Å². The third-order valence-corrected chi connectivity index (χ3v) is 3.32. The molecule has 2 fully saturated rings. The Morgan fingerprint density at radius 3 is 2.25 bits per heavy atom. The van der Waals surface area contributed by atoms with Gasteiger partial charge in [0.1, 0.15) is 0 Å². The van der Waals surface area contributed by atoms with Gasteiger partial charge in [0.2, 0.25) is 0 Å². The molecule has 1 saturated carbocycles. The lowest BCUT2D eigenvalue weighted by molar-refractivity contribution is 0.139. The highest BCUT2D eigenvalue weighted by molar-refractivity contribution is 4.83. The molecule has 0 N–H and O–H groups in total. The normalized spacial score (nSPS) is 29.0. The van der Waals surface area contributed by atoms with Gasteiger partial charge in [0.25, 0.3) is 0 Å². The maximum absolute atomic E-state index is 2.73. The second-order valence-electron chi connectivity index (χ2n) is 4.19. The van der Waals surface area contributed by atoms with Crippen molar-refractivity contribution in [3.05, 3.63) is 6.42 Å². The highest BCUT2D eigenvalue weighted by Crippen LogP contribution is 2.24. The van der Waals surface area contributed by atoms with Crippen LogP contribution in [0.5, 0.6) is 0 Å². The maximum Gasteiger partial charge on any atom is 0.00954 e. The van der Waals surface area contributed by atoms with Crippen LogP contribution in [0.25, 0.3) is 0 Å². The lowest BCUT2D eigenvalue weighted by Crippen LogP contribution is -2.40. The number of nitrogens with zero attached hydrogens (tertiary/aromatic N) is 1. The third kappa shape index (κ3) is 2.01. The zero-order chi connectivity index (χ0) is 8.23. The van der Waals surface area contributed by atoms with Crippen LogP contribution in [-0.4, -0.2) is 24.0 Å². The molecular formula is C11H20N. The Bertz CT molecular complexity index is 105. The van der Waals surface area contributed by atoms with Crippen LogP contribution in [0.4, 0.5) is 0 Å². The first-order chi connectivity index (χ1) is 5.97. The van der Waals surface area contributed by atoms with Gasteiger partial charge in [0.05, 0.1) is 0 Å². The average Bonchev–Trinajstić information content (AvgIpc) is 2.21. The summed E-state index contributed by atoms with van der Waals surface area (Å²) in [6.07, 6.45) is 12.4. The van der Waals surface area contributed by atoms with Crippen LogP contribution in [-0.2, 0) is 0 Å². The smallest absolute Gasteiger partial charge is 0.00954 e. The zero-order valence-corrected chi connectivity index (χ0v) is 7.97. The quantitative estimate of drug-likeness (QED) is 0.579. The lowest BCUT2D eigenvalue weighted by atomic mass is 9.93. The first-order valence-corrected chi connectivity index (χ1v) is 5.52. The molecule has 69 valence electrons. The molecule has 0 bridgehead atoms. The Labute approximate surface area is 76.1 Å². The Hall–Kier alpha value is -0.0400. The summed E-state index contributed by atoms with van der Waals surface area (Å²) in [5.41, 5.74) is 0. The second kappa shape index (κ2) is 4.27. The summed E-state index contributed by atoms with van der Waals surface area (Å²) < 4.78 is 0. The topological polar surface area (TPSA) is 3.24 Å². The molecule has 0 spiro atoms. The van der Waals surface area contributed by atoms with Gasteiger partial charge in [-0.1, -0.05) is 6.42 Å². The zero-order valence-electron chi connectivity index (χ0n) is 7.97. The minimum Gasteiger partial charge on any atom is -0.300 e. The highest BCUT2D eigenvalue weighted by atomic mass is 15.2. The minimum absolute atomic E-state index is 0.940. The second-order valence-corrected chi connectivity index (χ2v) is 4.19. The molecule has 0 atom stereocenters. The fraction of sp³-hybridized carbons (Fsp3) is 0.909. The summed E-state index contributed by atoms with van der Waals surface area (Å²) in [5.74, 6) is 0. The minimum atomic E-state index is 0.940. The van der Waals surface area contributed by atoms with Crippen molar-refractivity contribution in [1.82, 2.24) is 4.90 Å². The summed E-state index contributed by atoms with van der Waals surface area (Å²) >= 11 is 0. The molecule has 0 aromatic rings. The molecule has 1 saturated heterocycles. The van der Waals surface area contributed by atoms with Crippen LogP contribution in [0, 0.1) is 6.42 Å². The number of piperidine rings is 1. The van der Waals surface area contributed by atoms with Gasteiger partial charge in [-0.15, -0.1) is 0 Å². The molecule has 0 aromatic carbocycles. The van der Waals surface area contributed by atoms with Crippen molar-refractivity contribution in [3.63, 3.8) is 0 Å².